The molecule has 4 nitrogen and oxygen atoms in total. The third kappa shape index (κ3) is 3.74. The minimum Gasteiger partial charge on any atom is -0.377 e. The second-order valence-corrected chi connectivity index (χ2v) is 6.47. The van der Waals surface area contributed by atoms with Gasteiger partial charge in [0.15, 0.2) is 0 Å². The van der Waals surface area contributed by atoms with E-state index in [-0.39, 0.29) is 5.56 Å². The van der Waals surface area contributed by atoms with Crippen LogP contribution < -0.4 is 5.56 Å². The first-order valence-electron chi connectivity index (χ1n) is 8.23. The van der Waals surface area contributed by atoms with Gasteiger partial charge >= 0.3 is 0 Å². The molecule has 4 heteroatoms. The van der Waals surface area contributed by atoms with Crippen LogP contribution in [-0.4, -0.2) is 41.8 Å². The van der Waals surface area contributed by atoms with Crippen molar-refractivity contribution in [3.8, 4) is 0 Å². The van der Waals surface area contributed by atoms with Gasteiger partial charge in [-0.25, -0.2) is 0 Å². The van der Waals surface area contributed by atoms with Gasteiger partial charge < -0.3 is 14.2 Å². The van der Waals surface area contributed by atoms with E-state index in [9.17, 15) is 4.79 Å². The molecule has 1 aromatic rings. The Kier molecular flexibility index (Phi) is 4.76. The predicted molar refractivity (Wildman–Crippen MR) is 83.7 cm³/mol. The van der Waals surface area contributed by atoms with Crippen molar-refractivity contribution in [1.29, 1.82) is 0 Å². The van der Waals surface area contributed by atoms with Crippen LogP contribution in [0.25, 0.3) is 0 Å². The Morgan fingerprint density at radius 1 is 1.24 bits per heavy atom. The quantitative estimate of drug-likeness (QED) is 0.855. The molecular formula is C17H26N2O2. The maximum atomic E-state index is 11.7. The Hall–Kier alpha value is -1.13. The summed E-state index contributed by atoms with van der Waals surface area (Å²) in [5, 5.41) is 0. The van der Waals surface area contributed by atoms with E-state index in [1.54, 1.807) is 11.6 Å². The van der Waals surface area contributed by atoms with Crippen molar-refractivity contribution in [2.24, 2.45) is 7.05 Å². The van der Waals surface area contributed by atoms with E-state index >= 15 is 0 Å². The first-order chi connectivity index (χ1) is 10.2. The van der Waals surface area contributed by atoms with Crippen LogP contribution in [-0.2, 0) is 11.8 Å². The van der Waals surface area contributed by atoms with Gasteiger partial charge in [0.05, 0.1) is 6.10 Å². The molecule has 0 bridgehead atoms. The Labute approximate surface area is 126 Å². The lowest BCUT2D eigenvalue weighted by molar-refractivity contribution is -0.00950. The molecule has 21 heavy (non-hydrogen) atoms. The zero-order valence-electron chi connectivity index (χ0n) is 13.0. The number of nitrogens with zero attached hydrogens (tertiary/aromatic N) is 2. The van der Waals surface area contributed by atoms with Crippen LogP contribution in [0.5, 0.6) is 0 Å². The molecule has 3 heterocycles. The summed E-state index contributed by atoms with van der Waals surface area (Å²) >= 11 is 0. The van der Waals surface area contributed by atoms with Gasteiger partial charge in [0.2, 0.25) is 0 Å². The molecule has 1 unspecified atom stereocenters. The zero-order valence-corrected chi connectivity index (χ0v) is 13.0. The van der Waals surface area contributed by atoms with Crippen molar-refractivity contribution in [2.75, 3.05) is 26.2 Å². The number of rotatable bonds is 3. The van der Waals surface area contributed by atoms with E-state index in [1.165, 1.54) is 24.8 Å². The summed E-state index contributed by atoms with van der Waals surface area (Å²) in [6.07, 6.45) is 8.39. The van der Waals surface area contributed by atoms with Crippen LogP contribution in [0.4, 0.5) is 0 Å². The zero-order chi connectivity index (χ0) is 14.7. The molecule has 2 aliphatic heterocycles. The molecule has 0 spiro atoms. The maximum absolute atomic E-state index is 11.7. The topological polar surface area (TPSA) is 34.5 Å². The fraction of sp³-hybridized carbons (Fsp3) is 0.706. The highest BCUT2D eigenvalue weighted by molar-refractivity contribution is 5.17. The Morgan fingerprint density at radius 2 is 2.05 bits per heavy atom. The second kappa shape index (κ2) is 6.75. The molecule has 0 N–H and O–H groups in total. The van der Waals surface area contributed by atoms with Gasteiger partial charge in [-0.2, -0.15) is 0 Å². The Morgan fingerprint density at radius 3 is 2.71 bits per heavy atom. The molecule has 2 saturated heterocycles. The monoisotopic (exact) mass is 290 g/mol. The highest BCUT2D eigenvalue weighted by Gasteiger charge is 2.24. The molecule has 0 saturated carbocycles. The van der Waals surface area contributed by atoms with Gasteiger partial charge in [-0.05, 0) is 62.7 Å². The fourth-order valence-electron chi connectivity index (χ4n) is 3.51. The van der Waals surface area contributed by atoms with Crippen molar-refractivity contribution in [3.63, 3.8) is 0 Å². The van der Waals surface area contributed by atoms with Crippen LogP contribution in [0.2, 0.25) is 0 Å². The van der Waals surface area contributed by atoms with Gasteiger partial charge in [0.1, 0.15) is 0 Å². The highest BCUT2D eigenvalue weighted by Crippen LogP contribution is 2.27. The molecule has 3 rings (SSSR count). The summed E-state index contributed by atoms with van der Waals surface area (Å²) < 4.78 is 7.47. The SMILES string of the molecule is Cn1ccc(C2CCN(CC3CCCCO3)CC2)cc1=O. The number of aryl methyl sites for hydroxylation is 1. The minimum absolute atomic E-state index is 0.102. The molecule has 0 radical (unpaired) electrons. The highest BCUT2D eigenvalue weighted by atomic mass is 16.5. The van der Waals surface area contributed by atoms with Crippen molar-refractivity contribution in [1.82, 2.24) is 9.47 Å². The van der Waals surface area contributed by atoms with Crippen molar-refractivity contribution in [2.45, 2.75) is 44.1 Å². The fourth-order valence-corrected chi connectivity index (χ4v) is 3.51. The normalized spacial score (nSPS) is 25.1. The predicted octanol–water partition coefficient (Wildman–Crippen LogP) is 2.13. The number of hydrogen-bond donors (Lipinski definition) is 0. The van der Waals surface area contributed by atoms with E-state index in [2.05, 4.69) is 11.0 Å². The first kappa shape index (κ1) is 14.8. The maximum Gasteiger partial charge on any atom is 0.250 e. The molecule has 0 aromatic carbocycles. The van der Waals surface area contributed by atoms with Crippen molar-refractivity contribution >= 4 is 0 Å². The average molecular weight is 290 g/mol. The van der Waals surface area contributed by atoms with Crippen molar-refractivity contribution < 1.29 is 4.74 Å². The summed E-state index contributed by atoms with van der Waals surface area (Å²) in [5.41, 5.74) is 1.32. The largest absolute Gasteiger partial charge is 0.377 e. The van der Waals surface area contributed by atoms with Gasteiger partial charge in [-0.15, -0.1) is 0 Å². The van der Waals surface area contributed by atoms with Crippen molar-refractivity contribution in [3.05, 3.63) is 34.2 Å². The van der Waals surface area contributed by atoms with Gasteiger partial charge in [-0.1, -0.05) is 0 Å². The first-order valence-corrected chi connectivity index (χ1v) is 8.23. The van der Waals surface area contributed by atoms with Crippen LogP contribution >= 0.6 is 0 Å². The molecule has 2 aliphatic rings. The van der Waals surface area contributed by atoms with Gasteiger partial charge in [-0.3, -0.25) is 4.79 Å². The van der Waals surface area contributed by atoms with Gasteiger partial charge in [0.25, 0.3) is 5.56 Å². The number of aromatic nitrogens is 1. The number of ether oxygens (including phenoxy) is 1. The van der Waals surface area contributed by atoms with Gasteiger partial charge in [0, 0.05) is 32.5 Å². The summed E-state index contributed by atoms with van der Waals surface area (Å²) in [7, 11) is 1.80. The standard InChI is InChI=1S/C17H26N2O2/c1-18-8-5-15(12-17(18)20)14-6-9-19(10-7-14)13-16-4-2-3-11-21-16/h5,8,12,14,16H,2-4,6-7,9-11,13H2,1H3. The van der Waals surface area contributed by atoms with E-state index < -0.39 is 0 Å². The summed E-state index contributed by atoms with van der Waals surface area (Å²) in [4.78, 5) is 14.3. The minimum atomic E-state index is 0.102. The van der Waals surface area contributed by atoms with Crippen LogP contribution in [0, 0.1) is 0 Å². The van der Waals surface area contributed by atoms with Crippen LogP contribution in [0.15, 0.2) is 23.1 Å². The molecule has 2 fully saturated rings. The summed E-state index contributed by atoms with van der Waals surface area (Å²) in [5.74, 6) is 0.544. The van der Waals surface area contributed by atoms with E-state index in [4.69, 9.17) is 4.74 Å². The average Bonchev–Trinajstić information content (AvgIpc) is 2.52. The van der Waals surface area contributed by atoms with E-state index in [0.717, 1.165) is 39.1 Å². The molecule has 1 aromatic heterocycles. The molecule has 1 atom stereocenters. The number of hydrogen-bond acceptors (Lipinski definition) is 3. The summed E-state index contributed by atoms with van der Waals surface area (Å²) in [6, 6.07) is 3.91. The molecular weight excluding hydrogens is 264 g/mol. The molecule has 0 aliphatic carbocycles. The summed E-state index contributed by atoms with van der Waals surface area (Å²) in [6.45, 7) is 4.27. The third-order valence-corrected chi connectivity index (χ3v) is 4.92. The lowest BCUT2D eigenvalue weighted by Gasteiger charge is -2.35. The van der Waals surface area contributed by atoms with Crippen LogP contribution in [0.1, 0.15) is 43.6 Å². The number of piperidine rings is 1. The smallest absolute Gasteiger partial charge is 0.250 e. The van der Waals surface area contributed by atoms with Crippen LogP contribution in [0.3, 0.4) is 0 Å². The lowest BCUT2D eigenvalue weighted by atomic mass is 9.90. The third-order valence-electron chi connectivity index (χ3n) is 4.92. The molecule has 0 amide bonds. The number of likely N-dealkylation sites (tertiary alicyclic amines) is 1. The number of pyridine rings is 1. The van der Waals surface area contributed by atoms with E-state index in [0.29, 0.717) is 12.0 Å². The Balaban J connectivity index is 1.52. The second-order valence-electron chi connectivity index (χ2n) is 6.47. The lowest BCUT2D eigenvalue weighted by Crippen LogP contribution is -2.40. The van der Waals surface area contributed by atoms with E-state index in [1.807, 2.05) is 12.3 Å². The molecule has 116 valence electrons. The Bertz CT molecular complexity index is 512.